The number of aryl methyl sites for hydroxylation is 1. The molecule has 0 bridgehead atoms. The Bertz CT molecular complexity index is 785. The minimum absolute atomic E-state index is 0.424. The van der Waals surface area contributed by atoms with Gasteiger partial charge in [0.1, 0.15) is 0 Å². The molecule has 1 aliphatic carbocycles. The van der Waals surface area contributed by atoms with Crippen LogP contribution in [0.25, 0.3) is 0 Å². The van der Waals surface area contributed by atoms with E-state index in [1.54, 1.807) is 6.07 Å². The Hall–Kier alpha value is -1.26. The van der Waals surface area contributed by atoms with Crippen molar-refractivity contribution in [2.75, 3.05) is 38.3 Å². The van der Waals surface area contributed by atoms with Crippen molar-refractivity contribution in [2.45, 2.75) is 31.8 Å². The van der Waals surface area contributed by atoms with Crippen LogP contribution in [0.1, 0.15) is 35.6 Å². The highest BCUT2D eigenvalue weighted by Gasteiger charge is 2.25. The first-order chi connectivity index (χ1) is 13.1. The van der Waals surface area contributed by atoms with Gasteiger partial charge in [0.2, 0.25) is 0 Å². The Morgan fingerprint density at radius 3 is 2.56 bits per heavy atom. The summed E-state index contributed by atoms with van der Waals surface area (Å²) in [5.41, 5.74) is 5.44. The Labute approximate surface area is 171 Å². The van der Waals surface area contributed by atoms with Gasteiger partial charge >= 0.3 is 0 Å². The molecule has 3 nitrogen and oxygen atoms in total. The average Bonchev–Trinajstić information content (AvgIpc) is 2.67. The third-order valence-corrected chi connectivity index (χ3v) is 6.11. The molecule has 0 amide bonds. The molecule has 0 aromatic heterocycles. The lowest BCUT2D eigenvalue weighted by molar-refractivity contribution is 0.122. The molecule has 5 heteroatoms. The topological polar surface area (TPSA) is 15.7 Å². The van der Waals surface area contributed by atoms with Gasteiger partial charge in [0.25, 0.3) is 0 Å². The molecule has 1 heterocycles. The second-order valence-corrected chi connectivity index (χ2v) is 8.46. The van der Waals surface area contributed by atoms with E-state index in [1.165, 1.54) is 36.1 Å². The summed E-state index contributed by atoms with van der Waals surface area (Å²) in [7, 11) is 2.20. The molecule has 0 saturated carbocycles. The fraction of sp³-hybridized carbons (Fsp3) is 0.455. The lowest BCUT2D eigenvalue weighted by Gasteiger charge is -2.35. The van der Waals surface area contributed by atoms with E-state index >= 15 is 0 Å². The highest BCUT2D eigenvalue weighted by molar-refractivity contribution is 6.34. The van der Waals surface area contributed by atoms with Crippen molar-refractivity contribution in [1.82, 2.24) is 4.90 Å². The smallest absolute Gasteiger partial charge is 0.0642 e. The zero-order chi connectivity index (χ0) is 18.8. The number of rotatable bonds is 4. The van der Waals surface area contributed by atoms with Gasteiger partial charge in [-0.2, -0.15) is 0 Å². The first-order valence-corrected chi connectivity index (χ1v) is 10.5. The van der Waals surface area contributed by atoms with Crippen molar-refractivity contribution < 1.29 is 4.74 Å². The van der Waals surface area contributed by atoms with Crippen LogP contribution in [0.5, 0.6) is 0 Å². The number of hydrogen-bond acceptors (Lipinski definition) is 3. The summed E-state index contributed by atoms with van der Waals surface area (Å²) >= 11 is 12.4. The Kier molecular flexibility index (Phi) is 5.93. The lowest BCUT2D eigenvalue weighted by atomic mass is 9.86. The third-order valence-electron chi connectivity index (χ3n) is 5.67. The van der Waals surface area contributed by atoms with Crippen molar-refractivity contribution in [3.05, 3.63) is 63.1 Å². The van der Waals surface area contributed by atoms with Gasteiger partial charge in [-0.15, -0.1) is 0 Å². The van der Waals surface area contributed by atoms with Crippen LogP contribution in [0.2, 0.25) is 10.0 Å². The molecule has 4 rings (SSSR count). The normalized spacial score (nSPS) is 20.0. The van der Waals surface area contributed by atoms with Gasteiger partial charge in [-0.05, 0) is 73.3 Å². The molecule has 2 aliphatic rings. The van der Waals surface area contributed by atoms with E-state index in [0.717, 1.165) is 38.4 Å². The molecule has 144 valence electrons. The fourth-order valence-electron chi connectivity index (χ4n) is 4.34. The minimum Gasteiger partial charge on any atom is -0.378 e. The molecule has 1 fully saturated rings. The molecule has 1 unspecified atom stereocenters. The van der Waals surface area contributed by atoms with Gasteiger partial charge in [-0.1, -0.05) is 29.3 Å². The molecular formula is C22H26Cl2N2O. The number of nitrogens with zero attached hydrogens (tertiary/aromatic N) is 2. The van der Waals surface area contributed by atoms with Crippen molar-refractivity contribution >= 4 is 28.9 Å². The van der Waals surface area contributed by atoms with E-state index < -0.39 is 0 Å². The monoisotopic (exact) mass is 404 g/mol. The maximum Gasteiger partial charge on any atom is 0.0642 e. The predicted octanol–water partition coefficient (Wildman–Crippen LogP) is 5.34. The quantitative estimate of drug-likeness (QED) is 0.683. The fourth-order valence-corrected chi connectivity index (χ4v) is 4.91. The van der Waals surface area contributed by atoms with Gasteiger partial charge in [0, 0.05) is 41.4 Å². The second kappa shape index (κ2) is 8.40. The van der Waals surface area contributed by atoms with Crippen LogP contribution in [0.15, 0.2) is 36.4 Å². The molecular weight excluding hydrogens is 379 g/mol. The van der Waals surface area contributed by atoms with Gasteiger partial charge in [-0.25, -0.2) is 0 Å². The summed E-state index contributed by atoms with van der Waals surface area (Å²) in [4.78, 5) is 4.87. The summed E-state index contributed by atoms with van der Waals surface area (Å²) in [6, 6.07) is 13.3. The van der Waals surface area contributed by atoms with E-state index in [9.17, 15) is 0 Å². The number of morpholine rings is 1. The Morgan fingerprint density at radius 1 is 1.07 bits per heavy atom. The molecule has 1 aliphatic heterocycles. The Balaban J connectivity index is 1.57. The van der Waals surface area contributed by atoms with Crippen molar-refractivity contribution in [3.63, 3.8) is 0 Å². The van der Waals surface area contributed by atoms with Gasteiger partial charge in [-0.3, -0.25) is 4.90 Å². The highest BCUT2D eigenvalue weighted by Crippen LogP contribution is 2.37. The number of fused-ring (bicyclic) bond motifs is 1. The molecule has 1 atom stereocenters. The van der Waals surface area contributed by atoms with E-state index in [2.05, 4.69) is 35.0 Å². The number of ether oxygens (including phenoxy) is 1. The standard InChI is InChI=1S/C22H26Cl2N2O/c1-25(15-16-11-18(23)13-19(24)12-16)22-4-2-3-17-5-6-20(14-21(17)22)26-7-9-27-10-8-26/h5-6,11-14,22H,2-4,7-10,15H2,1H3. The summed E-state index contributed by atoms with van der Waals surface area (Å²) in [6.07, 6.45) is 3.59. The first-order valence-electron chi connectivity index (χ1n) is 9.71. The summed E-state index contributed by atoms with van der Waals surface area (Å²) in [6.45, 7) is 4.42. The first kappa shape index (κ1) is 19.1. The van der Waals surface area contributed by atoms with Crippen LogP contribution in [0.3, 0.4) is 0 Å². The van der Waals surface area contributed by atoms with Crippen LogP contribution in [0.4, 0.5) is 5.69 Å². The van der Waals surface area contributed by atoms with Crippen molar-refractivity contribution in [3.8, 4) is 0 Å². The third kappa shape index (κ3) is 4.43. The molecule has 0 radical (unpaired) electrons. The van der Waals surface area contributed by atoms with Gasteiger partial charge in [0.05, 0.1) is 13.2 Å². The number of halogens is 2. The largest absolute Gasteiger partial charge is 0.378 e. The van der Waals surface area contributed by atoms with Gasteiger partial charge in [0.15, 0.2) is 0 Å². The minimum atomic E-state index is 0.424. The van der Waals surface area contributed by atoms with Gasteiger partial charge < -0.3 is 9.64 Å². The maximum absolute atomic E-state index is 6.19. The summed E-state index contributed by atoms with van der Waals surface area (Å²) in [5.74, 6) is 0. The van der Waals surface area contributed by atoms with Crippen LogP contribution in [-0.4, -0.2) is 38.3 Å². The average molecular weight is 405 g/mol. The zero-order valence-electron chi connectivity index (χ0n) is 15.8. The van der Waals surface area contributed by atoms with E-state index in [4.69, 9.17) is 27.9 Å². The lowest BCUT2D eigenvalue weighted by Crippen LogP contribution is -2.36. The van der Waals surface area contributed by atoms with Crippen LogP contribution in [0, 0.1) is 0 Å². The van der Waals surface area contributed by atoms with Crippen LogP contribution in [-0.2, 0) is 17.7 Å². The molecule has 0 spiro atoms. The molecule has 1 saturated heterocycles. The number of hydrogen-bond donors (Lipinski definition) is 0. The van der Waals surface area contributed by atoms with Crippen LogP contribution >= 0.6 is 23.2 Å². The van der Waals surface area contributed by atoms with E-state index in [0.29, 0.717) is 16.1 Å². The highest BCUT2D eigenvalue weighted by atomic mass is 35.5. The summed E-state index contributed by atoms with van der Waals surface area (Å²) in [5, 5.41) is 1.40. The SMILES string of the molecule is CN(Cc1cc(Cl)cc(Cl)c1)C1CCCc2ccc(N3CCOCC3)cc21. The molecule has 27 heavy (non-hydrogen) atoms. The maximum atomic E-state index is 6.19. The van der Waals surface area contributed by atoms with Crippen LogP contribution < -0.4 is 4.90 Å². The van der Waals surface area contributed by atoms with Crippen molar-refractivity contribution in [1.29, 1.82) is 0 Å². The molecule has 0 N–H and O–H groups in total. The second-order valence-electron chi connectivity index (χ2n) is 7.58. The summed E-state index contributed by atoms with van der Waals surface area (Å²) < 4.78 is 5.51. The number of anilines is 1. The van der Waals surface area contributed by atoms with Crippen molar-refractivity contribution in [2.24, 2.45) is 0 Å². The van der Waals surface area contributed by atoms with E-state index in [-0.39, 0.29) is 0 Å². The molecule has 2 aromatic carbocycles. The van der Waals surface area contributed by atoms with E-state index in [1.807, 2.05) is 12.1 Å². The predicted molar refractivity (Wildman–Crippen MR) is 113 cm³/mol. The molecule has 2 aromatic rings. The number of benzene rings is 2. The Morgan fingerprint density at radius 2 is 1.81 bits per heavy atom. The zero-order valence-corrected chi connectivity index (χ0v) is 17.3.